The van der Waals surface area contributed by atoms with E-state index in [0.29, 0.717) is 0 Å². The van der Waals surface area contributed by atoms with Gasteiger partial charge in [-0.2, -0.15) is 0 Å². The zero-order chi connectivity index (χ0) is 4.50. The van der Waals surface area contributed by atoms with Crippen molar-refractivity contribution >= 4 is 37.4 Å². The molecule has 0 atom stereocenters. The molecule has 0 saturated carbocycles. The van der Waals surface area contributed by atoms with Gasteiger partial charge in [0, 0.05) is 34.1 Å². The zero-order valence-corrected chi connectivity index (χ0v) is 6.92. The first-order chi connectivity index (χ1) is 2.00. The molecule has 1 radical (unpaired) electrons. The van der Waals surface area contributed by atoms with Crippen LogP contribution in [0.3, 0.4) is 0 Å². The van der Waals surface area contributed by atoms with Gasteiger partial charge in [0.05, 0.1) is 0 Å². The summed E-state index contributed by atoms with van der Waals surface area (Å²) < 4.78 is 0. The summed E-state index contributed by atoms with van der Waals surface area (Å²) >= 11 is 3.60. The summed E-state index contributed by atoms with van der Waals surface area (Å²) in [6, 6.07) is 0. The normalized spacial score (nSPS) is 7.38. The Hall–Kier alpha value is 2.17. The summed E-state index contributed by atoms with van der Waals surface area (Å²) in [5.74, 6) is 0. The number of hydrogen-bond acceptors (Lipinski definition) is 1. The molecule has 0 heterocycles. The number of hydrogen-bond donors (Lipinski definition) is 3. The van der Waals surface area contributed by atoms with E-state index in [1.165, 1.54) is 0 Å². The average Bonchev–Trinajstić information content (AvgIpc) is 0.722. The molecule has 3 N–H and O–H groups in total. The molecular weight excluding hydrogens is 229 g/mol. The van der Waals surface area contributed by atoms with Crippen LogP contribution >= 0.6 is 6.72 Å². The van der Waals surface area contributed by atoms with Gasteiger partial charge in [0.15, 0.2) is 0 Å². The minimum Gasteiger partial charge on any atom is 0 e. The van der Waals surface area contributed by atoms with Crippen LogP contribution in [-0.2, 0) is 45.9 Å². The van der Waals surface area contributed by atoms with Gasteiger partial charge < -0.3 is 14.7 Å². The maximum absolute atomic E-state index is 7.56. The molecule has 0 aromatic rings. The molecule has 49 valence electrons. The predicted molar refractivity (Wildman–Crippen MR) is 28.1 cm³/mol. The molecule has 0 amide bonds. The van der Waals surface area contributed by atoms with Gasteiger partial charge in [-0.25, -0.2) is 0 Å². The number of rotatable bonds is 0. The van der Waals surface area contributed by atoms with E-state index in [9.17, 15) is 0 Å². The minimum absolute atomic E-state index is 0. The van der Waals surface area contributed by atoms with Crippen molar-refractivity contribution in [1.82, 2.24) is 0 Å². The van der Waals surface area contributed by atoms with Crippen molar-refractivity contribution in [3.8, 4) is 0 Å². The SMILES string of the molecule is OP(O)(O)=S.[Fe].[LiH].[Mn]. The maximum Gasteiger partial charge on any atom is 0 e. The molecule has 0 aromatic carbocycles. The van der Waals surface area contributed by atoms with Crippen LogP contribution in [0.25, 0.3) is 0 Å². The second-order valence-corrected chi connectivity index (χ2v) is 3.01. The second kappa shape index (κ2) is 9.17. The van der Waals surface area contributed by atoms with E-state index >= 15 is 0 Å². The monoisotopic (exact) mass is 233 g/mol. The smallest absolute Gasteiger partial charge is 0 e. The summed E-state index contributed by atoms with van der Waals surface area (Å²) in [7, 11) is 0. The van der Waals surface area contributed by atoms with Crippen molar-refractivity contribution in [1.29, 1.82) is 0 Å². The Morgan fingerprint density at radius 3 is 1.12 bits per heavy atom. The van der Waals surface area contributed by atoms with E-state index in [2.05, 4.69) is 11.8 Å². The van der Waals surface area contributed by atoms with Crippen LogP contribution in [0.15, 0.2) is 0 Å². The van der Waals surface area contributed by atoms with Crippen LogP contribution in [-0.4, -0.2) is 33.5 Å². The van der Waals surface area contributed by atoms with E-state index in [0.717, 1.165) is 0 Å². The molecule has 0 spiro atoms. The fraction of sp³-hybridized carbons (Fsp3) is 0. The van der Waals surface area contributed by atoms with Crippen LogP contribution in [0.2, 0.25) is 0 Å². The van der Waals surface area contributed by atoms with Crippen LogP contribution in [0, 0.1) is 0 Å². The van der Waals surface area contributed by atoms with E-state index < -0.39 is 6.72 Å². The molecule has 0 fully saturated rings. The molecule has 0 aliphatic rings. The molecule has 3 nitrogen and oxygen atoms in total. The van der Waals surface area contributed by atoms with E-state index in [-0.39, 0.29) is 53.0 Å². The predicted octanol–water partition coefficient (Wildman–Crippen LogP) is -1.47. The second-order valence-electron chi connectivity index (χ2n) is 0.513. The summed E-state index contributed by atoms with van der Waals surface area (Å²) in [5, 5.41) is 0. The third-order valence-electron chi connectivity index (χ3n) is 0. The molecule has 0 aliphatic carbocycles. The summed E-state index contributed by atoms with van der Waals surface area (Å²) in [4.78, 5) is 22.7. The van der Waals surface area contributed by atoms with Gasteiger partial charge in [0.25, 0.3) is 0 Å². The van der Waals surface area contributed by atoms with Gasteiger partial charge >= 0.3 is 25.6 Å². The van der Waals surface area contributed by atoms with Crippen LogP contribution in [0.4, 0.5) is 0 Å². The quantitative estimate of drug-likeness (QED) is 0.353. The summed E-state index contributed by atoms with van der Waals surface area (Å²) in [5.41, 5.74) is 0. The zero-order valence-electron chi connectivity index (χ0n) is 2.93. The molecule has 0 unspecified atom stereocenters. The molecule has 0 rings (SSSR count). The third-order valence-corrected chi connectivity index (χ3v) is 0. The van der Waals surface area contributed by atoms with Gasteiger partial charge in [0.1, 0.15) is 0 Å². The largest absolute Gasteiger partial charge is 0 e. The Balaban J connectivity index is -0.0000000267. The van der Waals surface area contributed by atoms with Gasteiger partial charge in [-0.05, 0) is 11.8 Å². The van der Waals surface area contributed by atoms with E-state index in [1.54, 1.807) is 0 Å². The standard InChI is InChI=1S/Fe.Li.Mn.H3O3PS.H/c;;;1-4(2,3)5;/h;;;(H3,1,2,3,5);. The van der Waals surface area contributed by atoms with Gasteiger partial charge in [-0.3, -0.25) is 0 Å². The summed E-state index contributed by atoms with van der Waals surface area (Å²) in [6.07, 6.45) is 0. The molecule has 8 heteroatoms. The topological polar surface area (TPSA) is 60.7 Å². The van der Waals surface area contributed by atoms with Gasteiger partial charge in [0.2, 0.25) is 0 Å². The molecule has 0 saturated heterocycles. The Morgan fingerprint density at radius 1 is 1.12 bits per heavy atom. The van der Waals surface area contributed by atoms with Gasteiger partial charge in [-0.15, -0.1) is 0 Å². The van der Waals surface area contributed by atoms with Gasteiger partial charge in [-0.1, -0.05) is 0 Å². The van der Waals surface area contributed by atoms with E-state index in [1.807, 2.05) is 0 Å². The van der Waals surface area contributed by atoms with Crippen molar-refractivity contribution in [3.63, 3.8) is 0 Å². The van der Waals surface area contributed by atoms with Crippen LogP contribution in [0.5, 0.6) is 0 Å². The molecule has 0 aromatic heterocycles. The minimum atomic E-state index is -3.81. The Bertz CT molecular complexity index is 65.4. The Morgan fingerprint density at radius 2 is 1.12 bits per heavy atom. The van der Waals surface area contributed by atoms with Crippen molar-refractivity contribution < 1.29 is 48.8 Å². The van der Waals surface area contributed by atoms with Crippen molar-refractivity contribution in [3.05, 3.63) is 0 Å². The first-order valence-electron chi connectivity index (χ1n) is 0.783. The fourth-order valence-electron chi connectivity index (χ4n) is 0. The van der Waals surface area contributed by atoms with Crippen LogP contribution < -0.4 is 0 Å². The fourth-order valence-corrected chi connectivity index (χ4v) is 0. The third kappa shape index (κ3) is 89.4. The first-order valence-corrected chi connectivity index (χ1v) is 3.44. The Labute approximate surface area is 85.6 Å². The molecule has 0 aliphatic heterocycles. The molecule has 0 bridgehead atoms. The van der Waals surface area contributed by atoms with Crippen molar-refractivity contribution in [2.24, 2.45) is 0 Å². The van der Waals surface area contributed by atoms with E-state index in [4.69, 9.17) is 14.7 Å². The van der Waals surface area contributed by atoms with Crippen molar-refractivity contribution in [2.45, 2.75) is 0 Å². The first kappa shape index (κ1) is 22.5. The average molecular weight is 233 g/mol. The van der Waals surface area contributed by atoms with Crippen LogP contribution in [0.1, 0.15) is 0 Å². The maximum atomic E-state index is 7.56. The summed E-state index contributed by atoms with van der Waals surface area (Å²) in [6.45, 7) is -3.81. The molecular formula is H4FeLiMnO3PS. The molecule has 8 heavy (non-hydrogen) atoms. The van der Waals surface area contributed by atoms with Crippen molar-refractivity contribution in [2.75, 3.05) is 0 Å². The Kier molecular flexibility index (Phi) is 25.7.